The third-order valence-electron chi connectivity index (χ3n) is 3.71. The molecule has 0 aliphatic carbocycles. The lowest BCUT2D eigenvalue weighted by atomic mass is 10.1. The fourth-order valence-electron chi connectivity index (χ4n) is 2.37. The summed E-state index contributed by atoms with van der Waals surface area (Å²) in [6.45, 7) is 4.53. The van der Waals surface area contributed by atoms with Gasteiger partial charge < -0.3 is 9.64 Å². The normalized spacial score (nSPS) is 16.3. The first-order valence-corrected chi connectivity index (χ1v) is 7.04. The largest absolute Gasteiger partial charge is 0.416 e. The molecule has 0 amide bonds. The number of rotatable bonds is 4. The zero-order valence-electron chi connectivity index (χ0n) is 12.4. The van der Waals surface area contributed by atoms with E-state index in [-0.39, 0.29) is 5.56 Å². The summed E-state index contributed by atoms with van der Waals surface area (Å²) in [5.74, 6) is 0. The Hall–Kier alpha value is -1.78. The number of ether oxygens (including phenoxy) is 1. The van der Waals surface area contributed by atoms with E-state index < -0.39 is 11.7 Å². The van der Waals surface area contributed by atoms with Gasteiger partial charge >= 0.3 is 6.18 Å². The molecule has 0 aromatic heterocycles. The highest BCUT2D eigenvalue weighted by Crippen LogP contribution is 2.32. The summed E-state index contributed by atoms with van der Waals surface area (Å²) in [5.41, 5.74) is -0.238. The summed E-state index contributed by atoms with van der Waals surface area (Å²) in [5, 5.41) is 9.10. The fourth-order valence-corrected chi connectivity index (χ4v) is 2.37. The molecule has 0 spiro atoms. The predicted molar refractivity (Wildman–Crippen MR) is 76.7 cm³/mol. The molecule has 0 bridgehead atoms. The van der Waals surface area contributed by atoms with E-state index in [4.69, 9.17) is 10.00 Å². The van der Waals surface area contributed by atoms with Gasteiger partial charge in [0.15, 0.2) is 0 Å². The lowest BCUT2D eigenvalue weighted by molar-refractivity contribution is -0.137. The Labute approximate surface area is 127 Å². The minimum atomic E-state index is -4.43. The summed E-state index contributed by atoms with van der Waals surface area (Å²) in [6.07, 6.45) is -4.43. The average molecular weight is 313 g/mol. The Morgan fingerprint density at radius 3 is 2.59 bits per heavy atom. The Kier molecular flexibility index (Phi) is 5.27. The molecule has 1 aliphatic rings. The lowest BCUT2D eigenvalue weighted by Gasteiger charge is -2.29. The highest BCUT2D eigenvalue weighted by Gasteiger charge is 2.31. The number of nitriles is 1. The van der Waals surface area contributed by atoms with Crippen LogP contribution in [0.4, 0.5) is 18.9 Å². The highest BCUT2D eigenvalue weighted by molar-refractivity contribution is 5.60. The molecular weight excluding hydrogens is 295 g/mol. The van der Waals surface area contributed by atoms with E-state index in [0.29, 0.717) is 25.4 Å². The molecule has 0 radical (unpaired) electrons. The predicted octanol–water partition coefficient (Wildman–Crippen LogP) is 2.35. The zero-order chi connectivity index (χ0) is 16.2. The Morgan fingerprint density at radius 2 is 2.00 bits per heavy atom. The van der Waals surface area contributed by atoms with E-state index in [2.05, 4.69) is 4.90 Å². The first-order chi connectivity index (χ1) is 10.4. The molecule has 22 heavy (non-hydrogen) atoms. The minimum absolute atomic E-state index is 0.0410. The number of alkyl halides is 3. The van der Waals surface area contributed by atoms with Crippen LogP contribution < -0.4 is 4.90 Å². The van der Waals surface area contributed by atoms with Gasteiger partial charge in [-0.1, -0.05) is 0 Å². The number of hydrogen-bond acceptors (Lipinski definition) is 4. The summed E-state index contributed by atoms with van der Waals surface area (Å²) >= 11 is 0. The van der Waals surface area contributed by atoms with E-state index in [1.54, 1.807) is 7.05 Å². The number of anilines is 1. The number of hydrogen-bond donors (Lipinski definition) is 0. The molecule has 0 N–H and O–H groups in total. The monoisotopic (exact) mass is 313 g/mol. The second kappa shape index (κ2) is 6.99. The summed E-state index contributed by atoms with van der Waals surface area (Å²) in [7, 11) is 1.78. The molecule has 4 nitrogen and oxygen atoms in total. The van der Waals surface area contributed by atoms with E-state index in [1.165, 1.54) is 6.07 Å². The molecule has 1 aliphatic heterocycles. The third kappa shape index (κ3) is 4.12. The summed E-state index contributed by atoms with van der Waals surface area (Å²) in [6, 6.07) is 5.13. The molecule has 1 aromatic rings. The lowest BCUT2D eigenvalue weighted by Crippen LogP contribution is -2.40. The maximum absolute atomic E-state index is 12.7. The second-order valence-corrected chi connectivity index (χ2v) is 5.22. The van der Waals surface area contributed by atoms with Crippen molar-refractivity contribution in [1.82, 2.24) is 4.90 Å². The molecule has 0 unspecified atom stereocenters. The van der Waals surface area contributed by atoms with Crippen LogP contribution in [0.3, 0.4) is 0 Å². The Balaban J connectivity index is 2.05. The minimum Gasteiger partial charge on any atom is -0.379 e. The van der Waals surface area contributed by atoms with Gasteiger partial charge in [0.2, 0.25) is 0 Å². The van der Waals surface area contributed by atoms with Crippen molar-refractivity contribution in [1.29, 1.82) is 5.26 Å². The van der Waals surface area contributed by atoms with Crippen LogP contribution in [0.2, 0.25) is 0 Å². The van der Waals surface area contributed by atoms with Crippen molar-refractivity contribution in [3.05, 3.63) is 29.3 Å². The van der Waals surface area contributed by atoms with Crippen LogP contribution in [0.5, 0.6) is 0 Å². The van der Waals surface area contributed by atoms with Crippen LogP contribution in [0.1, 0.15) is 11.1 Å². The zero-order valence-corrected chi connectivity index (χ0v) is 12.4. The standard InChI is InChI=1S/C15H18F3N3O/c1-20(4-5-21-6-8-22-9-7-21)14-3-2-13(15(16,17)18)10-12(14)11-19/h2-3,10H,4-9H2,1H3. The average Bonchev–Trinajstić information content (AvgIpc) is 2.52. The number of benzene rings is 1. The van der Waals surface area contributed by atoms with Gasteiger partial charge in [-0.2, -0.15) is 18.4 Å². The van der Waals surface area contributed by atoms with Gasteiger partial charge in [-0.3, -0.25) is 4.90 Å². The van der Waals surface area contributed by atoms with Gasteiger partial charge in [-0.15, -0.1) is 0 Å². The first-order valence-electron chi connectivity index (χ1n) is 7.04. The van der Waals surface area contributed by atoms with Gasteiger partial charge in [-0.05, 0) is 18.2 Å². The van der Waals surface area contributed by atoms with E-state index in [1.807, 2.05) is 11.0 Å². The maximum Gasteiger partial charge on any atom is 0.416 e. The van der Waals surface area contributed by atoms with Crippen LogP contribution in [-0.4, -0.2) is 51.3 Å². The molecule has 2 rings (SSSR count). The summed E-state index contributed by atoms with van der Waals surface area (Å²) in [4.78, 5) is 4.05. The SMILES string of the molecule is CN(CCN1CCOCC1)c1ccc(C(F)(F)F)cc1C#N. The van der Waals surface area contributed by atoms with Gasteiger partial charge in [0, 0.05) is 33.2 Å². The number of nitrogens with zero attached hydrogens (tertiary/aromatic N) is 3. The van der Waals surface area contributed by atoms with Gasteiger partial charge in [-0.25, -0.2) is 0 Å². The van der Waals surface area contributed by atoms with Gasteiger partial charge in [0.05, 0.1) is 30.0 Å². The number of halogens is 3. The molecule has 120 valence electrons. The molecule has 1 heterocycles. The quantitative estimate of drug-likeness (QED) is 0.855. The summed E-state index contributed by atoms with van der Waals surface area (Å²) < 4.78 is 43.3. The van der Waals surface area contributed by atoms with Gasteiger partial charge in [0.1, 0.15) is 6.07 Å². The van der Waals surface area contributed by atoms with E-state index >= 15 is 0 Å². The van der Waals surface area contributed by atoms with E-state index in [9.17, 15) is 13.2 Å². The van der Waals surface area contributed by atoms with Crippen LogP contribution in [0, 0.1) is 11.3 Å². The number of morpholine rings is 1. The highest BCUT2D eigenvalue weighted by atomic mass is 19.4. The van der Waals surface area contributed by atoms with Crippen molar-refractivity contribution in [2.45, 2.75) is 6.18 Å². The van der Waals surface area contributed by atoms with Crippen molar-refractivity contribution in [3.63, 3.8) is 0 Å². The topological polar surface area (TPSA) is 39.5 Å². The third-order valence-corrected chi connectivity index (χ3v) is 3.71. The molecule has 0 saturated carbocycles. The van der Waals surface area contributed by atoms with Crippen LogP contribution in [-0.2, 0) is 10.9 Å². The van der Waals surface area contributed by atoms with Crippen LogP contribution in [0.15, 0.2) is 18.2 Å². The van der Waals surface area contributed by atoms with E-state index in [0.717, 1.165) is 31.8 Å². The molecule has 7 heteroatoms. The number of likely N-dealkylation sites (N-methyl/N-ethyl adjacent to an activating group) is 1. The maximum atomic E-state index is 12.7. The van der Waals surface area contributed by atoms with Crippen molar-refractivity contribution in [2.24, 2.45) is 0 Å². The second-order valence-electron chi connectivity index (χ2n) is 5.22. The van der Waals surface area contributed by atoms with Crippen molar-refractivity contribution < 1.29 is 17.9 Å². The fraction of sp³-hybridized carbons (Fsp3) is 0.533. The smallest absolute Gasteiger partial charge is 0.379 e. The molecule has 0 atom stereocenters. The van der Waals surface area contributed by atoms with Crippen LogP contribution in [0.25, 0.3) is 0 Å². The van der Waals surface area contributed by atoms with Crippen molar-refractivity contribution in [3.8, 4) is 6.07 Å². The molecule has 1 fully saturated rings. The first kappa shape index (κ1) is 16.6. The van der Waals surface area contributed by atoms with Crippen molar-refractivity contribution >= 4 is 5.69 Å². The molecular formula is C15H18F3N3O. The molecule has 1 aromatic carbocycles. The van der Waals surface area contributed by atoms with Crippen molar-refractivity contribution in [2.75, 3.05) is 51.3 Å². The Morgan fingerprint density at radius 1 is 1.32 bits per heavy atom. The molecule has 1 saturated heterocycles. The van der Waals surface area contributed by atoms with Crippen LogP contribution >= 0.6 is 0 Å². The van der Waals surface area contributed by atoms with Gasteiger partial charge in [0.25, 0.3) is 0 Å². The Bertz CT molecular complexity index is 548.